The fourth-order valence-electron chi connectivity index (χ4n) is 0.680. The monoisotopic (exact) mass is 233 g/mol. The molecule has 0 aliphatic heterocycles. The van der Waals surface area contributed by atoms with Crippen molar-refractivity contribution in [1.82, 2.24) is 0 Å². The Labute approximate surface area is 77.5 Å². The number of hydrogen-bond acceptors (Lipinski definition) is 2. The van der Waals surface area contributed by atoms with Gasteiger partial charge in [0.25, 0.3) is 0 Å². The van der Waals surface area contributed by atoms with Gasteiger partial charge in [-0.25, -0.2) is 0 Å². The Kier molecular flexibility index (Phi) is 2.52. The van der Waals surface area contributed by atoms with Crippen molar-refractivity contribution in [2.24, 2.45) is 0 Å². The number of benzene rings is 1. The molecule has 0 saturated carbocycles. The molecule has 11 heavy (non-hydrogen) atoms. The Hall–Kier alpha value is -0.540. The van der Waals surface area contributed by atoms with Crippen LogP contribution in [0.4, 0.5) is 5.69 Å². The minimum absolute atomic E-state index is 0.396. The van der Waals surface area contributed by atoms with Gasteiger partial charge < -0.3 is 5.73 Å². The van der Waals surface area contributed by atoms with Crippen LogP contribution in [0.3, 0.4) is 0 Å². The first-order valence-electron chi connectivity index (χ1n) is 2.85. The van der Waals surface area contributed by atoms with Gasteiger partial charge in [-0.15, -0.1) is 0 Å². The van der Waals surface area contributed by atoms with Crippen LogP contribution in [0.15, 0.2) is 16.6 Å². The summed E-state index contributed by atoms with van der Waals surface area (Å²) < 4.78 is 0.676. The van der Waals surface area contributed by atoms with Gasteiger partial charge in [-0.3, -0.25) is 4.79 Å². The molecule has 0 aliphatic rings. The maximum absolute atomic E-state index is 10.3. The van der Waals surface area contributed by atoms with E-state index in [4.69, 9.17) is 17.3 Å². The summed E-state index contributed by atoms with van der Waals surface area (Å²) in [5.41, 5.74) is 6.31. The average Bonchev–Trinajstić information content (AvgIpc) is 1.97. The third kappa shape index (κ3) is 1.73. The fraction of sp³-hybridized carbons (Fsp3) is 0. The lowest BCUT2D eigenvalue weighted by Gasteiger charge is -2.00. The molecule has 0 radical (unpaired) electrons. The molecule has 2 N–H and O–H groups in total. The van der Waals surface area contributed by atoms with Crippen LogP contribution in [0, 0.1) is 0 Å². The van der Waals surface area contributed by atoms with Crippen molar-refractivity contribution in [3.05, 3.63) is 27.2 Å². The molecule has 0 aromatic heterocycles. The van der Waals surface area contributed by atoms with Crippen molar-refractivity contribution in [1.29, 1.82) is 0 Å². The number of halogens is 2. The Bertz CT molecular complexity index is 301. The lowest BCUT2D eigenvalue weighted by Crippen LogP contribution is -1.92. The molecule has 1 aromatic carbocycles. The number of nitrogen functional groups attached to an aromatic ring is 1. The second-order valence-electron chi connectivity index (χ2n) is 2.01. The van der Waals surface area contributed by atoms with Gasteiger partial charge in [0, 0.05) is 15.7 Å². The molecular formula is C7H5BrClNO. The molecule has 0 heterocycles. The van der Waals surface area contributed by atoms with E-state index in [1.54, 1.807) is 6.07 Å². The molecule has 0 atom stereocenters. The molecule has 58 valence electrons. The fourth-order valence-corrected chi connectivity index (χ4v) is 1.21. The van der Waals surface area contributed by atoms with E-state index in [0.717, 1.165) is 0 Å². The Balaban J connectivity index is 3.31. The number of carbonyl (C=O) groups is 1. The molecule has 4 heteroatoms. The number of aldehydes is 1. The molecule has 1 rings (SSSR count). The van der Waals surface area contributed by atoms with E-state index in [1.165, 1.54) is 6.07 Å². The van der Waals surface area contributed by atoms with Crippen LogP contribution in [0.1, 0.15) is 10.4 Å². The summed E-state index contributed by atoms with van der Waals surface area (Å²) in [7, 11) is 0. The maximum Gasteiger partial charge on any atom is 0.152 e. The smallest absolute Gasteiger partial charge is 0.152 e. The molecule has 0 fully saturated rings. The van der Waals surface area contributed by atoms with E-state index >= 15 is 0 Å². The molecule has 0 amide bonds. The third-order valence-corrected chi connectivity index (χ3v) is 2.45. The zero-order valence-corrected chi connectivity index (χ0v) is 7.82. The summed E-state index contributed by atoms with van der Waals surface area (Å²) >= 11 is 8.87. The first kappa shape index (κ1) is 8.56. The van der Waals surface area contributed by atoms with Gasteiger partial charge in [0.2, 0.25) is 0 Å². The number of hydrogen-bond donors (Lipinski definition) is 1. The van der Waals surface area contributed by atoms with Crippen molar-refractivity contribution in [3.63, 3.8) is 0 Å². The van der Waals surface area contributed by atoms with Gasteiger partial charge in [-0.1, -0.05) is 11.6 Å². The Morgan fingerprint density at radius 2 is 2.18 bits per heavy atom. The zero-order valence-electron chi connectivity index (χ0n) is 5.47. The third-order valence-electron chi connectivity index (χ3n) is 1.25. The van der Waals surface area contributed by atoms with Crippen LogP contribution in [0.5, 0.6) is 0 Å². The maximum atomic E-state index is 10.3. The highest BCUT2D eigenvalue weighted by molar-refractivity contribution is 9.10. The van der Waals surface area contributed by atoms with E-state index in [0.29, 0.717) is 27.0 Å². The van der Waals surface area contributed by atoms with Crippen LogP contribution >= 0.6 is 27.5 Å². The quantitative estimate of drug-likeness (QED) is 0.599. The normalized spacial score (nSPS) is 9.64. The highest BCUT2D eigenvalue weighted by Crippen LogP contribution is 2.26. The summed E-state index contributed by atoms with van der Waals surface area (Å²) in [5, 5.41) is 0.508. The van der Waals surface area contributed by atoms with Gasteiger partial charge in [-0.05, 0) is 28.1 Å². The number of rotatable bonds is 1. The minimum Gasteiger partial charge on any atom is -0.398 e. The van der Waals surface area contributed by atoms with Crippen LogP contribution < -0.4 is 5.73 Å². The van der Waals surface area contributed by atoms with Crippen molar-refractivity contribution in [2.75, 3.05) is 5.73 Å². The van der Waals surface area contributed by atoms with Crippen molar-refractivity contribution < 1.29 is 4.79 Å². The highest BCUT2D eigenvalue weighted by Gasteiger charge is 2.02. The molecule has 1 aromatic rings. The van der Waals surface area contributed by atoms with Gasteiger partial charge in [0.05, 0.1) is 5.02 Å². The SMILES string of the molecule is Nc1cc(Cl)c(Br)cc1C=O. The summed E-state index contributed by atoms with van der Waals surface area (Å²) in [6, 6.07) is 3.13. The lowest BCUT2D eigenvalue weighted by atomic mass is 10.2. The minimum atomic E-state index is 0.396. The second-order valence-corrected chi connectivity index (χ2v) is 3.27. The molecule has 0 unspecified atom stereocenters. The van der Waals surface area contributed by atoms with Crippen LogP contribution in [0.2, 0.25) is 5.02 Å². The predicted octanol–water partition coefficient (Wildman–Crippen LogP) is 2.50. The first-order chi connectivity index (χ1) is 5.15. The van der Waals surface area contributed by atoms with Gasteiger partial charge in [-0.2, -0.15) is 0 Å². The molecule has 0 aliphatic carbocycles. The summed E-state index contributed by atoms with van der Waals surface area (Å²) in [5.74, 6) is 0. The van der Waals surface area contributed by atoms with Crippen LogP contribution in [-0.4, -0.2) is 6.29 Å². The van der Waals surface area contributed by atoms with E-state index in [2.05, 4.69) is 15.9 Å². The van der Waals surface area contributed by atoms with Crippen LogP contribution in [0.25, 0.3) is 0 Å². The molecule has 0 spiro atoms. The number of nitrogens with two attached hydrogens (primary N) is 1. The summed E-state index contributed by atoms with van der Waals surface area (Å²) in [6.45, 7) is 0. The molecule has 2 nitrogen and oxygen atoms in total. The first-order valence-corrected chi connectivity index (χ1v) is 4.02. The topological polar surface area (TPSA) is 43.1 Å². The lowest BCUT2D eigenvalue weighted by molar-refractivity contribution is 0.112. The van der Waals surface area contributed by atoms with Gasteiger partial charge in [0.15, 0.2) is 6.29 Å². The van der Waals surface area contributed by atoms with E-state index in [1.807, 2.05) is 0 Å². The predicted molar refractivity (Wildman–Crippen MR) is 49.0 cm³/mol. The standard InChI is InChI=1S/C7H5BrClNO/c8-5-1-4(3-11)7(10)2-6(5)9/h1-3H,10H2. The Morgan fingerprint density at radius 3 is 2.73 bits per heavy atom. The average molecular weight is 234 g/mol. The van der Waals surface area contributed by atoms with Crippen molar-refractivity contribution >= 4 is 39.5 Å². The van der Waals surface area contributed by atoms with E-state index in [-0.39, 0.29) is 0 Å². The summed E-state index contributed by atoms with van der Waals surface area (Å²) in [4.78, 5) is 10.3. The zero-order chi connectivity index (χ0) is 8.43. The van der Waals surface area contributed by atoms with Gasteiger partial charge >= 0.3 is 0 Å². The van der Waals surface area contributed by atoms with Crippen LogP contribution in [-0.2, 0) is 0 Å². The summed E-state index contributed by atoms with van der Waals surface area (Å²) in [6.07, 6.45) is 0.691. The van der Waals surface area contributed by atoms with Gasteiger partial charge in [0.1, 0.15) is 0 Å². The van der Waals surface area contributed by atoms with Crippen molar-refractivity contribution in [2.45, 2.75) is 0 Å². The molecule has 0 bridgehead atoms. The second kappa shape index (κ2) is 3.24. The number of anilines is 1. The highest BCUT2D eigenvalue weighted by atomic mass is 79.9. The molecule has 0 saturated heterocycles. The van der Waals surface area contributed by atoms with E-state index in [9.17, 15) is 4.79 Å². The number of carbonyl (C=O) groups excluding carboxylic acids is 1. The van der Waals surface area contributed by atoms with Crippen molar-refractivity contribution in [3.8, 4) is 0 Å². The van der Waals surface area contributed by atoms with E-state index < -0.39 is 0 Å². The largest absolute Gasteiger partial charge is 0.398 e. The Morgan fingerprint density at radius 1 is 1.55 bits per heavy atom. The molecular weight excluding hydrogens is 229 g/mol.